The van der Waals surface area contributed by atoms with Gasteiger partial charge in [0.2, 0.25) is 5.91 Å². The summed E-state index contributed by atoms with van der Waals surface area (Å²) >= 11 is 0. The Morgan fingerprint density at radius 1 is 1.08 bits per heavy atom. The Bertz CT molecular complexity index is 735. The average molecular weight is 341 g/mol. The molecule has 24 heavy (non-hydrogen) atoms. The van der Waals surface area contributed by atoms with Crippen molar-refractivity contribution in [2.45, 2.75) is 18.5 Å². The molecule has 0 saturated heterocycles. The van der Waals surface area contributed by atoms with Crippen LogP contribution in [0.15, 0.2) is 80.2 Å². The van der Waals surface area contributed by atoms with Gasteiger partial charge in [-0.3, -0.25) is 9.36 Å². The van der Waals surface area contributed by atoms with Gasteiger partial charge in [0.1, 0.15) is 7.14 Å². The van der Waals surface area contributed by atoms with E-state index in [0.29, 0.717) is 12.3 Å². The van der Waals surface area contributed by atoms with Gasteiger partial charge in [0, 0.05) is 31.1 Å². The highest BCUT2D eigenvalue weighted by molar-refractivity contribution is 7.65. The van der Waals surface area contributed by atoms with Crippen LogP contribution in [0.1, 0.15) is 23.7 Å². The molecule has 0 bridgehead atoms. The molecule has 2 rings (SSSR count). The lowest BCUT2D eigenvalue weighted by molar-refractivity contribution is 0.0888. The van der Waals surface area contributed by atoms with E-state index in [1.165, 1.54) is 0 Å². The minimum absolute atomic E-state index is 0.0697. The zero-order chi connectivity index (χ0) is 17.6. The Hall–Kier alpha value is -2.12. The number of nitrogens with zero attached hydrogens (tertiary/aromatic N) is 1. The van der Waals surface area contributed by atoms with Crippen LogP contribution < -0.4 is 0 Å². The fourth-order valence-corrected chi connectivity index (χ4v) is 5.89. The lowest BCUT2D eigenvalue weighted by Crippen LogP contribution is -2.30. The molecule has 0 aliphatic carbocycles. The third-order valence-electron chi connectivity index (χ3n) is 4.53. The van der Waals surface area contributed by atoms with Crippen molar-refractivity contribution in [1.82, 2.24) is 4.57 Å². The maximum Gasteiger partial charge on any atom is 0.231 e. The molecule has 1 atom stereocenters. The Morgan fingerprint density at radius 2 is 1.62 bits per heavy atom. The van der Waals surface area contributed by atoms with Gasteiger partial charge in [-0.1, -0.05) is 42.5 Å². The van der Waals surface area contributed by atoms with Crippen LogP contribution in [-0.2, 0) is 9.72 Å². The Kier molecular flexibility index (Phi) is 5.80. The van der Waals surface area contributed by atoms with Crippen molar-refractivity contribution < 1.29 is 9.36 Å². The number of rotatable bonds is 8. The topological polar surface area (TPSA) is 39.1 Å². The second-order valence-corrected chi connectivity index (χ2v) is 9.63. The van der Waals surface area contributed by atoms with Crippen molar-refractivity contribution in [1.29, 1.82) is 0 Å². The van der Waals surface area contributed by atoms with Gasteiger partial charge >= 0.3 is 0 Å². The number of carbonyl (C=O) groups is 1. The average Bonchev–Trinajstić information content (AvgIpc) is 3.10. The Labute approximate surface area is 144 Å². The minimum atomic E-state index is -2.79. The first-order valence-corrected chi connectivity index (χ1v) is 10.1. The van der Waals surface area contributed by atoms with Crippen LogP contribution >= 0.6 is 7.14 Å². The molecule has 0 aliphatic heterocycles. The summed E-state index contributed by atoms with van der Waals surface area (Å²) in [4.78, 5) is 12.7. The summed E-state index contributed by atoms with van der Waals surface area (Å²) in [5.74, 6) is -0.0697. The number of carbonyl (C=O) groups excluding carboxylic acids is 1. The van der Waals surface area contributed by atoms with E-state index < -0.39 is 12.3 Å². The van der Waals surface area contributed by atoms with Crippen molar-refractivity contribution >= 4 is 13.0 Å². The van der Waals surface area contributed by atoms with Crippen LogP contribution in [0, 0.1) is 0 Å². The zero-order valence-electron chi connectivity index (χ0n) is 14.1. The molecule has 1 aromatic carbocycles. The normalized spacial score (nSPS) is 13.9. The van der Waals surface area contributed by atoms with Crippen LogP contribution in [0.4, 0.5) is 0 Å². The first-order valence-electron chi connectivity index (χ1n) is 7.98. The quantitative estimate of drug-likeness (QED) is 0.491. The van der Waals surface area contributed by atoms with Crippen molar-refractivity contribution in [3.8, 4) is 0 Å². The van der Waals surface area contributed by atoms with E-state index in [4.69, 9.17) is 0 Å². The third-order valence-corrected chi connectivity index (χ3v) is 8.44. The van der Waals surface area contributed by atoms with Gasteiger partial charge in [-0.25, -0.2) is 0 Å². The molecular weight excluding hydrogens is 317 g/mol. The maximum absolute atomic E-state index is 13.8. The second kappa shape index (κ2) is 7.63. The van der Waals surface area contributed by atoms with Gasteiger partial charge in [0.15, 0.2) is 0 Å². The molecule has 1 heterocycles. The Balaban J connectivity index is 2.52. The van der Waals surface area contributed by atoms with Gasteiger partial charge < -0.3 is 4.57 Å². The van der Waals surface area contributed by atoms with Gasteiger partial charge in [0.25, 0.3) is 0 Å². The Morgan fingerprint density at radius 3 is 2.12 bits per heavy atom. The smallest absolute Gasteiger partial charge is 0.231 e. The number of hydrogen-bond acceptors (Lipinski definition) is 2. The van der Waals surface area contributed by atoms with Crippen LogP contribution in [0.5, 0.6) is 0 Å². The van der Waals surface area contributed by atoms with Gasteiger partial charge in [-0.2, -0.15) is 0 Å². The summed E-state index contributed by atoms with van der Waals surface area (Å²) in [7, 11) is -2.79. The van der Waals surface area contributed by atoms with Gasteiger partial charge in [-0.15, -0.1) is 13.2 Å². The summed E-state index contributed by atoms with van der Waals surface area (Å²) < 4.78 is 15.4. The molecule has 4 heteroatoms. The van der Waals surface area contributed by atoms with Crippen molar-refractivity contribution in [2.75, 3.05) is 12.3 Å². The largest absolute Gasteiger partial charge is 0.322 e. The molecule has 126 valence electrons. The maximum atomic E-state index is 13.8. The van der Waals surface area contributed by atoms with Gasteiger partial charge in [-0.05, 0) is 24.6 Å². The standard InChI is InChI=1S/C20H24NO2P/c1-4-15-24(23,16-5-2)20(3,18-11-7-6-8-12-18)17-19(22)21-13-9-10-14-21/h4-14H,1-2,15-17H2,3H3/t20-/m1/s1. The summed E-state index contributed by atoms with van der Waals surface area (Å²) in [6, 6.07) is 13.3. The van der Waals surface area contributed by atoms with E-state index in [9.17, 15) is 9.36 Å². The third kappa shape index (κ3) is 3.52. The molecule has 0 amide bonds. The van der Waals surface area contributed by atoms with E-state index in [-0.39, 0.29) is 12.3 Å². The van der Waals surface area contributed by atoms with Crippen molar-refractivity contribution in [2.24, 2.45) is 0 Å². The molecule has 0 fully saturated rings. The summed E-state index contributed by atoms with van der Waals surface area (Å²) in [6.45, 7) is 9.46. The lowest BCUT2D eigenvalue weighted by Gasteiger charge is -2.37. The van der Waals surface area contributed by atoms with Crippen molar-refractivity contribution in [3.05, 3.63) is 85.7 Å². The van der Waals surface area contributed by atoms with E-state index in [1.807, 2.05) is 49.4 Å². The number of allylic oxidation sites excluding steroid dienone is 2. The first kappa shape index (κ1) is 18.2. The molecule has 3 nitrogen and oxygen atoms in total. The summed E-state index contributed by atoms with van der Waals surface area (Å²) in [5, 5.41) is -0.766. The van der Waals surface area contributed by atoms with Crippen LogP contribution in [-0.4, -0.2) is 22.8 Å². The summed E-state index contributed by atoms with van der Waals surface area (Å²) in [5.41, 5.74) is 0.914. The fraction of sp³-hybridized carbons (Fsp3) is 0.250. The molecule has 0 unspecified atom stereocenters. The molecule has 0 saturated carbocycles. The highest BCUT2D eigenvalue weighted by Crippen LogP contribution is 2.64. The van der Waals surface area contributed by atoms with E-state index in [2.05, 4.69) is 13.2 Å². The second-order valence-electron chi connectivity index (χ2n) is 6.13. The highest BCUT2D eigenvalue weighted by atomic mass is 31.2. The molecule has 0 aliphatic rings. The molecule has 1 aromatic heterocycles. The zero-order valence-corrected chi connectivity index (χ0v) is 15.0. The summed E-state index contributed by atoms with van der Waals surface area (Å²) in [6.07, 6.45) is 7.74. The number of benzene rings is 1. The van der Waals surface area contributed by atoms with Crippen LogP contribution in [0.2, 0.25) is 0 Å². The number of hydrogen-bond donors (Lipinski definition) is 0. The van der Waals surface area contributed by atoms with E-state index in [1.54, 1.807) is 29.1 Å². The first-order chi connectivity index (χ1) is 11.5. The highest BCUT2D eigenvalue weighted by Gasteiger charge is 2.45. The molecule has 2 aromatic rings. The van der Waals surface area contributed by atoms with E-state index >= 15 is 0 Å². The lowest BCUT2D eigenvalue weighted by atomic mass is 9.96. The SMILES string of the molecule is C=CCP(=O)(CC=C)[C@](C)(CC(=O)n1cccc1)c1ccccc1. The molecule has 0 radical (unpaired) electrons. The predicted octanol–water partition coefficient (Wildman–Crippen LogP) is 5.17. The molecule has 0 N–H and O–H groups in total. The molecular formula is C20H24NO2P. The predicted molar refractivity (Wildman–Crippen MR) is 101 cm³/mol. The molecule has 0 spiro atoms. The fourth-order valence-electron chi connectivity index (χ4n) is 3.06. The van der Waals surface area contributed by atoms with Crippen molar-refractivity contribution in [3.63, 3.8) is 0 Å². The number of aromatic nitrogens is 1. The minimum Gasteiger partial charge on any atom is -0.322 e. The van der Waals surface area contributed by atoms with E-state index in [0.717, 1.165) is 5.56 Å². The monoisotopic (exact) mass is 341 g/mol. The van der Waals surface area contributed by atoms with Gasteiger partial charge in [0.05, 0.1) is 5.16 Å². The van der Waals surface area contributed by atoms with Crippen LogP contribution in [0.3, 0.4) is 0 Å². The van der Waals surface area contributed by atoms with Crippen LogP contribution in [0.25, 0.3) is 0 Å².